The first-order valence-corrected chi connectivity index (χ1v) is 6.95. The first-order chi connectivity index (χ1) is 11.2. The second kappa shape index (κ2) is 8.43. The molecule has 0 aliphatic rings. The smallest absolute Gasteiger partial charge is 0.277 e. The van der Waals surface area contributed by atoms with Crippen molar-refractivity contribution in [2.75, 3.05) is 20.8 Å². The zero-order valence-corrected chi connectivity index (χ0v) is 13.0. The highest BCUT2D eigenvalue weighted by atomic mass is 16.5. The quantitative estimate of drug-likeness (QED) is 0.628. The number of hydrazone groups is 1. The lowest BCUT2D eigenvalue weighted by molar-refractivity contribution is -0.123. The average Bonchev–Trinajstić information content (AvgIpc) is 2.60. The highest BCUT2D eigenvalue weighted by Crippen LogP contribution is 2.25. The van der Waals surface area contributed by atoms with E-state index in [1.807, 2.05) is 30.3 Å². The van der Waals surface area contributed by atoms with E-state index in [2.05, 4.69) is 10.5 Å². The van der Waals surface area contributed by atoms with Crippen LogP contribution in [0.25, 0.3) is 0 Å². The van der Waals surface area contributed by atoms with E-state index in [0.29, 0.717) is 17.2 Å². The predicted octanol–water partition coefficient (Wildman–Crippen LogP) is 2.23. The van der Waals surface area contributed by atoms with Crippen LogP contribution in [0.2, 0.25) is 0 Å². The summed E-state index contributed by atoms with van der Waals surface area (Å²) in [4.78, 5) is 11.7. The lowest BCUT2D eigenvalue weighted by Crippen LogP contribution is -2.24. The minimum Gasteiger partial charge on any atom is -0.496 e. The second-order valence-corrected chi connectivity index (χ2v) is 4.47. The molecule has 6 nitrogen and oxygen atoms in total. The van der Waals surface area contributed by atoms with Crippen LogP contribution in [0, 0.1) is 0 Å². The van der Waals surface area contributed by atoms with Crippen molar-refractivity contribution in [1.29, 1.82) is 0 Å². The summed E-state index contributed by atoms with van der Waals surface area (Å²) in [7, 11) is 3.12. The van der Waals surface area contributed by atoms with E-state index in [1.54, 1.807) is 32.4 Å². The van der Waals surface area contributed by atoms with Crippen LogP contribution in [0.1, 0.15) is 5.56 Å². The van der Waals surface area contributed by atoms with Crippen LogP contribution in [-0.4, -0.2) is 32.9 Å². The van der Waals surface area contributed by atoms with Gasteiger partial charge in [-0.25, -0.2) is 5.43 Å². The van der Waals surface area contributed by atoms with E-state index in [1.165, 1.54) is 6.21 Å². The molecule has 0 aliphatic carbocycles. The molecule has 2 aromatic rings. The first kappa shape index (κ1) is 16.4. The number of hydrogen-bond acceptors (Lipinski definition) is 5. The standard InChI is InChI=1S/C17H18N2O4/c1-21-14-8-4-3-7-13(14)11-18-19-17(20)12-23-16-10-6-5-9-15(16)22-2/h3-11H,12H2,1-2H3,(H,19,20)/b18-11-. The van der Waals surface area contributed by atoms with Gasteiger partial charge in [0.15, 0.2) is 18.1 Å². The van der Waals surface area contributed by atoms with Gasteiger partial charge in [-0.1, -0.05) is 24.3 Å². The molecule has 0 aliphatic heterocycles. The first-order valence-electron chi connectivity index (χ1n) is 6.95. The minimum atomic E-state index is -0.373. The van der Waals surface area contributed by atoms with E-state index >= 15 is 0 Å². The van der Waals surface area contributed by atoms with Gasteiger partial charge in [-0.2, -0.15) is 5.10 Å². The van der Waals surface area contributed by atoms with Crippen LogP contribution in [0.3, 0.4) is 0 Å². The fourth-order valence-corrected chi connectivity index (χ4v) is 1.86. The Balaban J connectivity index is 1.87. The predicted molar refractivity (Wildman–Crippen MR) is 87.2 cm³/mol. The Kier molecular flexibility index (Phi) is 5.99. The van der Waals surface area contributed by atoms with Gasteiger partial charge in [0.05, 0.1) is 20.4 Å². The topological polar surface area (TPSA) is 69.2 Å². The molecule has 2 aromatic carbocycles. The van der Waals surface area contributed by atoms with Crippen LogP contribution in [0.4, 0.5) is 0 Å². The van der Waals surface area contributed by atoms with Crippen molar-refractivity contribution < 1.29 is 19.0 Å². The minimum absolute atomic E-state index is 0.163. The molecule has 2 rings (SSSR count). The molecule has 0 heterocycles. The summed E-state index contributed by atoms with van der Waals surface area (Å²) < 4.78 is 15.7. The van der Waals surface area contributed by atoms with Gasteiger partial charge in [-0.05, 0) is 24.3 Å². The number of carbonyl (C=O) groups excluding carboxylic acids is 1. The fourth-order valence-electron chi connectivity index (χ4n) is 1.86. The molecule has 0 atom stereocenters. The van der Waals surface area contributed by atoms with Crippen molar-refractivity contribution in [2.24, 2.45) is 5.10 Å². The van der Waals surface area contributed by atoms with Crippen molar-refractivity contribution in [3.8, 4) is 17.2 Å². The molecule has 1 amide bonds. The Morgan fingerprint density at radius 2 is 1.61 bits per heavy atom. The third-order valence-electron chi connectivity index (χ3n) is 2.96. The van der Waals surface area contributed by atoms with Gasteiger partial charge < -0.3 is 14.2 Å². The van der Waals surface area contributed by atoms with E-state index < -0.39 is 0 Å². The average molecular weight is 314 g/mol. The lowest BCUT2D eigenvalue weighted by Gasteiger charge is -2.09. The van der Waals surface area contributed by atoms with Crippen molar-refractivity contribution >= 4 is 12.1 Å². The maximum atomic E-state index is 11.7. The Hall–Kier alpha value is -3.02. The van der Waals surface area contributed by atoms with Crippen molar-refractivity contribution in [1.82, 2.24) is 5.43 Å². The number of nitrogens with zero attached hydrogens (tertiary/aromatic N) is 1. The molecular formula is C17H18N2O4. The van der Waals surface area contributed by atoms with E-state index in [-0.39, 0.29) is 12.5 Å². The van der Waals surface area contributed by atoms with Gasteiger partial charge in [-0.3, -0.25) is 4.79 Å². The number of ether oxygens (including phenoxy) is 3. The number of benzene rings is 2. The fraction of sp³-hybridized carbons (Fsp3) is 0.176. The van der Waals surface area contributed by atoms with Crippen LogP contribution < -0.4 is 19.6 Å². The molecule has 6 heteroatoms. The number of methoxy groups -OCH3 is 2. The lowest BCUT2D eigenvalue weighted by atomic mass is 10.2. The van der Waals surface area contributed by atoms with Crippen LogP contribution in [0.5, 0.6) is 17.2 Å². The summed E-state index contributed by atoms with van der Waals surface area (Å²) >= 11 is 0. The molecule has 0 fully saturated rings. The normalized spacial score (nSPS) is 10.3. The SMILES string of the molecule is COc1ccccc1/C=N\NC(=O)COc1ccccc1OC. The van der Waals surface area contributed by atoms with Crippen LogP contribution in [-0.2, 0) is 4.79 Å². The summed E-state index contributed by atoms with van der Waals surface area (Å²) in [6.45, 7) is -0.163. The van der Waals surface area contributed by atoms with Crippen molar-refractivity contribution in [2.45, 2.75) is 0 Å². The maximum Gasteiger partial charge on any atom is 0.277 e. The number of rotatable bonds is 7. The molecule has 0 saturated carbocycles. The van der Waals surface area contributed by atoms with E-state index in [0.717, 1.165) is 5.56 Å². The molecule has 0 bridgehead atoms. The molecule has 0 aromatic heterocycles. The zero-order valence-electron chi connectivity index (χ0n) is 13.0. The van der Waals surface area contributed by atoms with E-state index in [4.69, 9.17) is 14.2 Å². The summed E-state index contributed by atoms with van der Waals surface area (Å²) in [5, 5.41) is 3.89. The Labute approximate surface area is 134 Å². The van der Waals surface area contributed by atoms with Gasteiger partial charge in [-0.15, -0.1) is 0 Å². The van der Waals surface area contributed by atoms with Gasteiger partial charge in [0, 0.05) is 5.56 Å². The molecule has 0 saturated heterocycles. The molecule has 0 radical (unpaired) electrons. The largest absolute Gasteiger partial charge is 0.496 e. The van der Waals surface area contributed by atoms with Crippen molar-refractivity contribution in [3.63, 3.8) is 0 Å². The van der Waals surface area contributed by atoms with Gasteiger partial charge in [0.25, 0.3) is 5.91 Å². The number of amides is 1. The van der Waals surface area contributed by atoms with Crippen LogP contribution in [0.15, 0.2) is 53.6 Å². The number of nitrogens with one attached hydrogen (secondary N) is 1. The third-order valence-corrected chi connectivity index (χ3v) is 2.96. The Morgan fingerprint density at radius 3 is 2.30 bits per heavy atom. The second-order valence-electron chi connectivity index (χ2n) is 4.47. The van der Waals surface area contributed by atoms with Gasteiger partial charge in [0.1, 0.15) is 5.75 Å². The number of carbonyl (C=O) groups is 1. The Morgan fingerprint density at radius 1 is 1.00 bits per heavy atom. The number of para-hydroxylation sites is 3. The highest BCUT2D eigenvalue weighted by molar-refractivity contribution is 5.85. The summed E-state index contributed by atoms with van der Waals surface area (Å²) in [6, 6.07) is 14.5. The third kappa shape index (κ3) is 4.74. The number of hydrogen-bond donors (Lipinski definition) is 1. The molecule has 1 N–H and O–H groups in total. The summed E-state index contributed by atoms with van der Waals surface area (Å²) in [6.07, 6.45) is 1.51. The summed E-state index contributed by atoms with van der Waals surface area (Å²) in [5.74, 6) is 1.37. The molecule has 0 spiro atoms. The van der Waals surface area contributed by atoms with Gasteiger partial charge in [0.2, 0.25) is 0 Å². The van der Waals surface area contributed by atoms with Crippen LogP contribution >= 0.6 is 0 Å². The maximum absolute atomic E-state index is 11.7. The molecular weight excluding hydrogens is 296 g/mol. The summed E-state index contributed by atoms with van der Waals surface area (Å²) in [5.41, 5.74) is 3.16. The monoisotopic (exact) mass is 314 g/mol. The molecule has 23 heavy (non-hydrogen) atoms. The molecule has 120 valence electrons. The van der Waals surface area contributed by atoms with Crippen molar-refractivity contribution in [3.05, 3.63) is 54.1 Å². The highest BCUT2D eigenvalue weighted by Gasteiger charge is 2.06. The Bertz CT molecular complexity index is 686. The zero-order chi connectivity index (χ0) is 16.5. The van der Waals surface area contributed by atoms with E-state index in [9.17, 15) is 4.79 Å². The van der Waals surface area contributed by atoms with Gasteiger partial charge >= 0.3 is 0 Å². The molecule has 0 unspecified atom stereocenters.